The molecule has 0 radical (unpaired) electrons. The molecule has 0 fully saturated rings. The third-order valence-corrected chi connectivity index (χ3v) is 3.80. The van der Waals surface area contributed by atoms with E-state index < -0.39 is 11.4 Å². The minimum atomic E-state index is -0.516. The molecule has 0 saturated heterocycles. The average Bonchev–Trinajstić information content (AvgIpc) is 2.75. The molecule has 2 heterocycles. The monoisotopic (exact) mass is 306 g/mol. The molecule has 1 spiro atoms. The van der Waals surface area contributed by atoms with Gasteiger partial charge in [0.1, 0.15) is 5.54 Å². The van der Waals surface area contributed by atoms with E-state index in [1.807, 2.05) is 12.2 Å². The van der Waals surface area contributed by atoms with Gasteiger partial charge in [0.2, 0.25) is 0 Å². The first-order chi connectivity index (χ1) is 9.55. The van der Waals surface area contributed by atoms with Gasteiger partial charge >= 0.3 is 0 Å². The van der Waals surface area contributed by atoms with E-state index in [0.717, 1.165) is 18.0 Å². The topological polar surface area (TPSA) is 71.0 Å². The lowest BCUT2D eigenvalue weighted by Gasteiger charge is -2.40. The Labute approximate surface area is 130 Å². The zero-order valence-corrected chi connectivity index (χ0v) is 12.9. The van der Waals surface area contributed by atoms with Crippen molar-refractivity contribution in [3.63, 3.8) is 0 Å². The van der Waals surface area contributed by atoms with Crippen molar-refractivity contribution in [2.24, 2.45) is 21.6 Å². The molecule has 2 N–H and O–H groups in total. The number of amides is 1. The predicted octanol–water partition coefficient (Wildman–Crippen LogP) is 1.47. The Hall–Kier alpha value is -1.72. The number of carbonyl (C=O) groups excluding carboxylic acids is 1. The number of nitrogens with two attached hydrogens (primary N) is 1. The Balaban J connectivity index is 0.00000161. The summed E-state index contributed by atoms with van der Waals surface area (Å²) in [4.78, 5) is 23.0. The molecule has 5 nitrogen and oxygen atoms in total. The van der Waals surface area contributed by atoms with Gasteiger partial charge in [0.05, 0.1) is 23.7 Å². The van der Waals surface area contributed by atoms with Crippen LogP contribution in [0.3, 0.4) is 0 Å². The summed E-state index contributed by atoms with van der Waals surface area (Å²) < 4.78 is 0. The van der Waals surface area contributed by atoms with Crippen LogP contribution in [0.5, 0.6) is 0 Å². The summed E-state index contributed by atoms with van der Waals surface area (Å²) in [7, 11) is 0. The van der Waals surface area contributed by atoms with Gasteiger partial charge in [-0.1, -0.05) is 19.9 Å². The second-order valence-corrected chi connectivity index (χ2v) is 5.66. The quantitative estimate of drug-likeness (QED) is 0.857. The van der Waals surface area contributed by atoms with E-state index in [0.29, 0.717) is 18.2 Å². The molecule has 6 heteroatoms. The molecule has 0 bridgehead atoms. The number of halogens is 1. The third-order valence-electron chi connectivity index (χ3n) is 3.80. The van der Waals surface area contributed by atoms with Crippen LogP contribution in [0, 0.1) is 5.92 Å². The zero-order chi connectivity index (χ0) is 14.3. The normalized spacial score (nSPS) is 26.5. The first-order valence-electron chi connectivity index (χ1n) is 6.80. The van der Waals surface area contributed by atoms with Crippen molar-refractivity contribution in [1.82, 2.24) is 4.90 Å². The van der Waals surface area contributed by atoms with Crippen LogP contribution in [0.1, 0.15) is 13.8 Å². The van der Waals surface area contributed by atoms with E-state index in [-0.39, 0.29) is 12.4 Å². The minimum Gasteiger partial charge on any atom is -0.366 e. The highest BCUT2D eigenvalue weighted by Crippen LogP contribution is 2.40. The maximum Gasteiger partial charge on any atom is 0.250 e. The number of nitrogens with zero attached hydrogens (tertiary/aromatic N) is 3. The van der Waals surface area contributed by atoms with Gasteiger partial charge in [0.25, 0.3) is 5.91 Å². The molecule has 3 rings (SSSR count). The van der Waals surface area contributed by atoms with E-state index in [9.17, 15) is 4.79 Å². The third kappa shape index (κ3) is 2.26. The highest BCUT2D eigenvalue weighted by molar-refractivity contribution is 6.28. The van der Waals surface area contributed by atoms with Gasteiger partial charge in [0.15, 0.2) is 0 Å². The van der Waals surface area contributed by atoms with Gasteiger partial charge in [0, 0.05) is 12.8 Å². The van der Waals surface area contributed by atoms with Crippen LogP contribution in [-0.2, 0) is 4.79 Å². The van der Waals surface area contributed by atoms with E-state index in [1.165, 1.54) is 0 Å². The SMILES string of the molecule is CC(C)CN1CN=C2C(C(N)=O)=CC=C3N=CC=CC321.Cl. The summed E-state index contributed by atoms with van der Waals surface area (Å²) in [6.45, 7) is 5.79. The average molecular weight is 307 g/mol. The predicted molar refractivity (Wildman–Crippen MR) is 86.8 cm³/mol. The summed E-state index contributed by atoms with van der Waals surface area (Å²) >= 11 is 0. The molecule has 1 unspecified atom stereocenters. The van der Waals surface area contributed by atoms with Crippen molar-refractivity contribution in [1.29, 1.82) is 0 Å². The maximum atomic E-state index is 11.7. The van der Waals surface area contributed by atoms with Crippen molar-refractivity contribution in [2.75, 3.05) is 13.2 Å². The first kappa shape index (κ1) is 15.7. The fraction of sp³-hybridized carbons (Fsp3) is 0.400. The number of hydrogen-bond acceptors (Lipinski definition) is 4. The van der Waals surface area contributed by atoms with Crippen LogP contribution in [0.15, 0.2) is 45.6 Å². The molecule has 0 saturated carbocycles. The van der Waals surface area contributed by atoms with Crippen molar-refractivity contribution >= 4 is 30.2 Å². The second-order valence-electron chi connectivity index (χ2n) is 5.66. The van der Waals surface area contributed by atoms with Gasteiger partial charge in [-0.05, 0) is 24.1 Å². The number of aliphatic imine (C=N–C) groups is 2. The number of rotatable bonds is 3. The smallest absolute Gasteiger partial charge is 0.250 e. The molecule has 1 aliphatic carbocycles. The van der Waals surface area contributed by atoms with Crippen LogP contribution >= 0.6 is 12.4 Å². The van der Waals surface area contributed by atoms with Gasteiger partial charge in [-0.2, -0.15) is 0 Å². The van der Waals surface area contributed by atoms with Crippen molar-refractivity contribution in [2.45, 2.75) is 19.4 Å². The van der Waals surface area contributed by atoms with Crippen LogP contribution < -0.4 is 5.73 Å². The Morgan fingerprint density at radius 2 is 2.24 bits per heavy atom. The fourth-order valence-corrected chi connectivity index (χ4v) is 3.04. The highest BCUT2D eigenvalue weighted by Gasteiger charge is 2.50. The lowest BCUT2D eigenvalue weighted by molar-refractivity contribution is -0.114. The Bertz CT molecular complexity index is 615. The Kier molecular flexibility index (Phi) is 4.16. The Morgan fingerprint density at radius 3 is 2.90 bits per heavy atom. The molecular weight excluding hydrogens is 288 g/mol. The Morgan fingerprint density at radius 1 is 1.48 bits per heavy atom. The van der Waals surface area contributed by atoms with Crippen LogP contribution in [0.2, 0.25) is 0 Å². The van der Waals surface area contributed by atoms with Crippen LogP contribution in [0.4, 0.5) is 0 Å². The van der Waals surface area contributed by atoms with Gasteiger partial charge in [-0.3, -0.25) is 19.7 Å². The van der Waals surface area contributed by atoms with Gasteiger partial charge in [-0.15, -0.1) is 12.4 Å². The molecular formula is C15H19ClN4O. The number of dihydropyridines is 1. The second kappa shape index (κ2) is 5.58. The van der Waals surface area contributed by atoms with Gasteiger partial charge < -0.3 is 5.73 Å². The summed E-state index contributed by atoms with van der Waals surface area (Å²) in [6, 6.07) is 0. The lowest BCUT2D eigenvalue weighted by atomic mass is 9.79. The minimum absolute atomic E-state index is 0. The molecule has 0 aromatic carbocycles. The molecule has 0 aromatic rings. The number of carbonyl (C=O) groups is 1. The van der Waals surface area contributed by atoms with Crippen molar-refractivity contribution in [3.8, 4) is 0 Å². The first-order valence-corrected chi connectivity index (χ1v) is 6.80. The molecule has 0 aromatic heterocycles. The molecule has 1 atom stereocenters. The van der Waals surface area contributed by atoms with E-state index >= 15 is 0 Å². The lowest BCUT2D eigenvalue weighted by Crippen LogP contribution is -2.54. The molecule has 21 heavy (non-hydrogen) atoms. The summed E-state index contributed by atoms with van der Waals surface area (Å²) in [5.74, 6) is 0.0650. The fourth-order valence-electron chi connectivity index (χ4n) is 3.04. The molecule has 3 aliphatic rings. The van der Waals surface area contributed by atoms with Crippen molar-refractivity contribution in [3.05, 3.63) is 35.6 Å². The zero-order valence-electron chi connectivity index (χ0n) is 12.1. The summed E-state index contributed by atoms with van der Waals surface area (Å²) in [5.41, 5.74) is 7.10. The number of primary amides is 1. The molecule has 2 aliphatic heterocycles. The van der Waals surface area contributed by atoms with Gasteiger partial charge in [-0.25, -0.2) is 0 Å². The number of allylic oxidation sites excluding steroid dienone is 3. The maximum absolute atomic E-state index is 11.7. The summed E-state index contributed by atoms with van der Waals surface area (Å²) in [6.07, 6.45) is 9.34. The van der Waals surface area contributed by atoms with E-state index in [2.05, 4.69) is 34.8 Å². The highest BCUT2D eigenvalue weighted by atomic mass is 35.5. The van der Waals surface area contributed by atoms with E-state index in [4.69, 9.17) is 5.73 Å². The van der Waals surface area contributed by atoms with Crippen LogP contribution in [-0.4, -0.2) is 41.5 Å². The largest absolute Gasteiger partial charge is 0.366 e. The summed E-state index contributed by atoms with van der Waals surface area (Å²) in [5, 5.41) is 0. The van der Waals surface area contributed by atoms with Crippen LogP contribution in [0.25, 0.3) is 0 Å². The number of hydrogen-bond donors (Lipinski definition) is 1. The van der Waals surface area contributed by atoms with E-state index in [1.54, 1.807) is 12.3 Å². The van der Waals surface area contributed by atoms with Crippen molar-refractivity contribution < 1.29 is 4.79 Å². The molecule has 1 amide bonds. The molecule has 112 valence electrons. The standard InChI is InChI=1S/C15H18N4O.ClH/c1-10(2)8-19-9-18-13-11(14(16)20)4-5-12-15(13,19)6-3-7-17-12;/h3-7,10H,8-9H2,1-2H3,(H2,16,20);1H.